The zero-order valence-corrected chi connectivity index (χ0v) is 9.93. The van der Waals surface area contributed by atoms with E-state index in [0.29, 0.717) is 12.0 Å². The van der Waals surface area contributed by atoms with Gasteiger partial charge in [0.15, 0.2) is 0 Å². The van der Waals surface area contributed by atoms with E-state index in [4.69, 9.17) is 4.74 Å². The van der Waals surface area contributed by atoms with Gasteiger partial charge in [-0.05, 0) is 37.0 Å². The first-order valence-electron chi connectivity index (χ1n) is 5.86. The Morgan fingerprint density at radius 2 is 1.93 bits per heavy atom. The van der Waals surface area contributed by atoms with Gasteiger partial charge >= 0.3 is 6.09 Å². The van der Waals surface area contributed by atoms with Crippen LogP contribution in [-0.4, -0.2) is 18.2 Å². The van der Waals surface area contributed by atoms with E-state index in [9.17, 15) is 4.79 Å². The van der Waals surface area contributed by atoms with Crippen LogP contribution in [0.25, 0.3) is 0 Å². The zero-order chi connectivity index (χ0) is 11.1. The SMILES string of the molecule is CC(C)(C)C1CCC2(CC1)COC(=O)N2. The molecule has 1 saturated heterocycles. The second-order valence-corrected chi connectivity index (χ2v) is 6.12. The molecule has 0 atom stereocenters. The highest BCUT2D eigenvalue weighted by Gasteiger charge is 2.44. The lowest BCUT2D eigenvalue weighted by atomic mass is 9.67. The summed E-state index contributed by atoms with van der Waals surface area (Å²) in [5, 5.41) is 2.98. The summed E-state index contributed by atoms with van der Waals surface area (Å²) in [4.78, 5) is 11.1. The topological polar surface area (TPSA) is 38.3 Å². The zero-order valence-electron chi connectivity index (χ0n) is 9.93. The Morgan fingerprint density at radius 1 is 1.33 bits per heavy atom. The molecule has 2 aliphatic rings. The molecule has 1 heterocycles. The lowest BCUT2D eigenvalue weighted by Crippen LogP contribution is -2.47. The van der Waals surface area contributed by atoms with E-state index in [0.717, 1.165) is 18.8 Å². The number of rotatable bonds is 0. The lowest BCUT2D eigenvalue weighted by molar-refractivity contribution is 0.112. The normalized spacial score (nSPS) is 36.5. The van der Waals surface area contributed by atoms with Crippen LogP contribution in [0.2, 0.25) is 0 Å². The molecule has 0 aromatic heterocycles. The van der Waals surface area contributed by atoms with E-state index in [1.807, 2.05) is 0 Å². The second kappa shape index (κ2) is 3.39. The van der Waals surface area contributed by atoms with Gasteiger partial charge in [-0.25, -0.2) is 4.79 Å². The Morgan fingerprint density at radius 3 is 2.33 bits per heavy atom. The van der Waals surface area contributed by atoms with Crippen molar-refractivity contribution < 1.29 is 9.53 Å². The highest BCUT2D eigenvalue weighted by atomic mass is 16.6. The minimum Gasteiger partial charge on any atom is -0.447 e. The molecule has 3 heteroatoms. The third-order valence-corrected chi connectivity index (χ3v) is 4.01. The molecule has 0 aromatic carbocycles. The van der Waals surface area contributed by atoms with E-state index < -0.39 is 0 Å². The van der Waals surface area contributed by atoms with Crippen LogP contribution in [0.15, 0.2) is 0 Å². The quantitative estimate of drug-likeness (QED) is 0.669. The first-order chi connectivity index (χ1) is 6.91. The Labute approximate surface area is 91.6 Å². The maximum Gasteiger partial charge on any atom is 0.407 e. The Balaban J connectivity index is 1.95. The summed E-state index contributed by atoms with van der Waals surface area (Å²) < 4.78 is 5.02. The van der Waals surface area contributed by atoms with Crippen molar-refractivity contribution in [2.24, 2.45) is 11.3 Å². The maximum absolute atomic E-state index is 11.1. The van der Waals surface area contributed by atoms with Crippen molar-refractivity contribution in [1.82, 2.24) is 5.32 Å². The molecule has 1 N–H and O–H groups in total. The predicted molar refractivity (Wildman–Crippen MR) is 58.6 cm³/mol. The number of cyclic esters (lactones) is 1. The van der Waals surface area contributed by atoms with Gasteiger partial charge in [-0.1, -0.05) is 20.8 Å². The van der Waals surface area contributed by atoms with Crippen LogP contribution >= 0.6 is 0 Å². The Bertz CT molecular complexity index is 259. The standard InChI is InChI=1S/C12H21NO2/c1-11(2,3)9-4-6-12(7-5-9)8-15-10(14)13-12/h9H,4-8H2,1-3H3,(H,13,14). The van der Waals surface area contributed by atoms with E-state index in [1.54, 1.807) is 0 Å². The number of nitrogens with one attached hydrogen (secondary N) is 1. The van der Waals surface area contributed by atoms with E-state index in [1.165, 1.54) is 12.8 Å². The lowest BCUT2D eigenvalue weighted by Gasteiger charge is -2.40. The highest BCUT2D eigenvalue weighted by molar-refractivity contribution is 5.70. The molecule has 0 bridgehead atoms. The van der Waals surface area contributed by atoms with Gasteiger partial charge in [-0.15, -0.1) is 0 Å². The fraction of sp³-hybridized carbons (Fsp3) is 0.917. The molecule has 1 spiro atoms. The summed E-state index contributed by atoms with van der Waals surface area (Å²) in [5.41, 5.74) is 0.365. The van der Waals surface area contributed by atoms with Gasteiger partial charge in [0, 0.05) is 0 Å². The van der Waals surface area contributed by atoms with Crippen LogP contribution in [0.5, 0.6) is 0 Å². The van der Waals surface area contributed by atoms with Gasteiger partial charge in [0.25, 0.3) is 0 Å². The van der Waals surface area contributed by atoms with E-state index >= 15 is 0 Å². The minimum atomic E-state index is -0.232. The van der Waals surface area contributed by atoms with Crippen LogP contribution in [0.1, 0.15) is 46.5 Å². The number of hydrogen-bond donors (Lipinski definition) is 1. The first-order valence-corrected chi connectivity index (χ1v) is 5.86. The number of carbonyl (C=O) groups excluding carboxylic acids is 1. The number of hydrogen-bond acceptors (Lipinski definition) is 2. The third kappa shape index (κ3) is 2.11. The molecule has 86 valence electrons. The van der Waals surface area contributed by atoms with Gasteiger partial charge in [0.2, 0.25) is 0 Å². The molecule has 1 aliphatic heterocycles. The van der Waals surface area contributed by atoms with Crippen LogP contribution in [0.4, 0.5) is 4.79 Å². The summed E-state index contributed by atoms with van der Waals surface area (Å²) in [5.74, 6) is 0.778. The van der Waals surface area contributed by atoms with Gasteiger partial charge in [0.1, 0.15) is 6.61 Å². The average Bonchev–Trinajstić information content (AvgIpc) is 2.47. The summed E-state index contributed by atoms with van der Waals surface area (Å²) in [7, 11) is 0. The molecule has 3 nitrogen and oxygen atoms in total. The molecule has 2 rings (SSSR count). The van der Waals surface area contributed by atoms with Crippen molar-refractivity contribution in [1.29, 1.82) is 0 Å². The smallest absolute Gasteiger partial charge is 0.407 e. The predicted octanol–water partition coefficient (Wildman–Crippen LogP) is 2.70. The number of carbonyl (C=O) groups is 1. The molecule has 1 amide bonds. The van der Waals surface area contributed by atoms with Gasteiger partial charge < -0.3 is 10.1 Å². The van der Waals surface area contributed by atoms with Crippen molar-refractivity contribution in [2.45, 2.75) is 52.0 Å². The van der Waals surface area contributed by atoms with Gasteiger partial charge in [-0.3, -0.25) is 0 Å². The number of amides is 1. The Kier molecular flexibility index (Phi) is 2.44. The van der Waals surface area contributed by atoms with Crippen LogP contribution in [-0.2, 0) is 4.74 Å². The van der Waals surface area contributed by atoms with Crippen LogP contribution < -0.4 is 5.32 Å². The summed E-state index contributed by atoms with van der Waals surface area (Å²) >= 11 is 0. The molecule has 0 unspecified atom stereocenters. The molecule has 0 radical (unpaired) electrons. The summed E-state index contributed by atoms with van der Waals surface area (Å²) in [6.07, 6.45) is 4.31. The monoisotopic (exact) mass is 211 g/mol. The fourth-order valence-electron chi connectivity index (χ4n) is 2.80. The molecule has 1 aliphatic carbocycles. The molecular weight excluding hydrogens is 190 g/mol. The minimum absolute atomic E-state index is 0.0289. The molecular formula is C12H21NO2. The summed E-state index contributed by atoms with van der Waals surface area (Å²) in [6.45, 7) is 7.49. The van der Waals surface area contributed by atoms with Crippen molar-refractivity contribution in [3.8, 4) is 0 Å². The van der Waals surface area contributed by atoms with E-state index in [2.05, 4.69) is 26.1 Å². The average molecular weight is 211 g/mol. The molecule has 1 saturated carbocycles. The van der Waals surface area contributed by atoms with Gasteiger partial charge in [-0.2, -0.15) is 0 Å². The maximum atomic E-state index is 11.1. The highest BCUT2D eigenvalue weighted by Crippen LogP contribution is 2.42. The van der Waals surface area contributed by atoms with Crippen molar-refractivity contribution in [3.63, 3.8) is 0 Å². The fourth-order valence-corrected chi connectivity index (χ4v) is 2.80. The summed E-state index contributed by atoms with van der Waals surface area (Å²) in [6, 6.07) is 0. The second-order valence-electron chi connectivity index (χ2n) is 6.12. The van der Waals surface area contributed by atoms with Crippen molar-refractivity contribution in [2.75, 3.05) is 6.61 Å². The molecule has 15 heavy (non-hydrogen) atoms. The van der Waals surface area contributed by atoms with Gasteiger partial charge in [0.05, 0.1) is 5.54 Å². The van der Waals surface area contributed by atoms with Crippen LogP contribution in [0.3, 0.4) is 0 Å². The molecule has 0 aromatic rings. The molecule has 2 fully saturated rings. The first kappa shape index (κ1) is 10.8. The number of ether oxygens (including phenoxy) is 1. The van der Waals surface area contributed by atoms with E-state index in [-0.39, 0.29) is 11.6 Å². The van der Waals surface area contributed by atoms with Crippen LogP contribution in [0, 0.1) is 11.3 Å². The van der Waals surface area contributed by atoms with Crippen molar-refractivity contribution >= 4 is 6.09 Å². The Hall–Kier alpha value is -0.730. The largest absolute Gasteiger partial charge is 0.447 e. The number of alkyl carbamates (subject to hydrolysis) is 1. The third-order valence-electron chi connectivity index (χ3n) is 4.01. The van der Waals surface area contributed by atoms with Crippen molar-refractivity contribution in [3.05, 3.63) is 0 Å².